The number of anilines is 2. The summed E-state index contributed by atoms with van der Waals surface area (Å²) in [5.41, 5.74) is 0.468. The summed E-state index contributed by atoms with van der Waals surface area (Å²) in [6, 6.07) is 10.3. The van der Waals surface area contributed by atoms with E-state index in [4.69, 9.17) is 9.47 Å². The molecule has 33 heavy (non-hydrogen) atoms. The van der Waals surface area contributed by atoms with Gasteiger partial charge in [0, 0.05) is 6.04 Å². The van der Waals surface area contributed by atoms with Gasteiger partial charge in [-0.3, -0.25) is 9.10 Å². The minimum Gasteiger partial charge on any atom is -0.495 e. The van der Waals surface area contributed by atoms with E-state index >= 15 is 0 Å². The van der Waals surface area contributed by atoms with Crippen LogP contribution in [0.25, 0.3) is 0 Å². The van der Waals surface area contributed by atoms with Crippen LogP contribution in [0.2, 0.25) is 0 Å². The first-order chi connectivity index (χ1) is 15.5. The molecule has 0 aliphatic carbocycles. The van der Waals surface area contributed by atoms with Crippen molar-refractivity contribution < 1.29 is 31.1 Å². The number of nitrogens with zero attached hydrogens (tertiary/aromatic N) is 1. The van der Waals surface area contributed by atoms with E-state index in [2.05, 4.69) is 10.0 Å². The molecule has 0 aromatic heterocycles. The van der Waals surface area contributed by atoms with E-state index in [0.29, 0.717) is 5.69 Å². The van der Waals surface area contributed by atoms with Gasteiger partial charge < -0.3 is 14.8 Å². The fourth-order valence-electron chi connectivity index (χ4n) is 3.30. The number of ether oxygens (including phenoxy) is 2. The molecular formula is C21H27N3O7S2. The second kappa shape index (κ2) is 9.57. The highest BCUT2D eigenvalue weighted by atomic mass is 32.2. The predicted octanol–water partition coefficient (Wildman–Crippen LogP) is 1.94. The summed E-state index contributed by atoms with van der Waals surface area (Å²) in [6.45, 7) is 4.68. The van der Waals surface area contributed by atoms with Gasteiger partial charge in [-0.25, -0.2) is 21.6 Å². The Labute approximate surface area is 194 Å². The van der Waals surface area contributed by atoms with Crippen LogP contribution in [-0.2, 0) is 24.8 Å². The van der Waals surface area contributed by atoms with Crippen molar-refractivity contribution in [2.24, 2.45) is 0 Å². The molecule has 0 spiro atoms. The smallest absolute Gasteiger partial charge is 0.267 e. The number of para-hydroxylation sites is 2. The van der Waals surface area contributed by atoms with Crippen LogP contribution in [0.3, 0.4) is 0 Å². The number of benzene rings is 2. The molecule has 1 amide bonds. The molecule has 0 unspecified atom stereocenters. The number of nitrogens with one attached hydrogen (secondary N) is 2. The average Bonchev–Trinajstić information content (AvgIpc) is 2.77. The van der Waals surface area contributed by atoms with Gasteiger partial charge in [-0.15, -0.1) is 0 Å². The third kappa shape index (κ3) is 5.40. The van der Waals surface area contributed by atoms with Gasteiger partial charge in [0.2, 0.25) is 20.0 Å². The third-order valence-corrected chi connectivity index (χ3v) is 8.26. The lowest BCUT2D eigenvalue weighted by Gasteiger charge is -2.34. The van der Waals surface area contributed by atoms with E-state index in [9.17, 15) is 21.6 Å². The van der Waals surface area contributed by atoms with Crippen LogP contribution in [0, 0.1) is 0 Å². The summed E-state index contributed by atoms with van der Waals surface area (Å²) in [5.74, 6) is -0.302. The molecule has 0 fully saturated rings. The Morgan fingerprint density at radius 3 is 2.52 bits per heavy atom. The lowest BCUT2D eigenvalue weighted by atomic mass is 10.2. The number of amides is 1. The molecule has 0 bridgehead atoms. The highest BCUT2D eigenvalue weighted by molar-refractivity contribution is 7.92. The van der Waals surface area contributed by atoms with E-state index in [1.807, 2.05) is 0 Å². The summed E-state index contributed by atoms with van der Waals surface area (Å²) < 4.78 is 65.0. The molecule has 12 heteroatoms. The van der Waals surface area contributed by atoms with Crippen molar-refractivity contribution in [3.8, 4) is 11.5 Å². The number of hydrogen-bond acceptors (Lipinski definition) is 7. The lowest BCUT2D eigenvalue weighted by Crippen LogP contribution is -2.49. The van der Waals surface area contributed by atoms with Gasteiger partial charge in [-0.2, -0.15) is 0 Å². The summed E-state index contributed by atoms with van der Waals surface area (Å²) in [5, 5.41) is 2.62. The van der Waals surface area contributed by atoms with Crippen molar-refractivity contribution >= 4 is 37.3 Å². The predicted molar refractivity (Wildman–Crippen MR) is 125 cm³/mol. The molecule has 1 heterocycles. The third-order valence-electron chi connectivity index (χ3n) is 4.86. The van der Waals surface area contributed by atoms with E-state index in [0.717, 1.165) is 4.31 Å². The summed E-state index contributed by atoms with van der Waals surface area (Å²) in [4.78, 5) is 13.0. The monoisotopic (exact) mass is 497 g/mol. The van der Waals surface area contributed by atoms with Crippen molar-refractivity contribution in [1.29, 1.82) is 0 Å². The molecule has 1 aliphatic heterocycles. The van der Waals surface area contributed by atoms with Crippen LogP contribution >= 0.6 is 0 Å². The zero-order valence-corrected chi connectivity index (χ0v) is 20.4. The molecule has 3 rings (SSSR count). The number of fused-ring (bicyclic) bond motifs is 1. The van der Waals surface area contributed by atoms with Crippen LogP contribution in [0.1, 0.15) is 20.8 Å². The highest BCUT2D eigenvalue weighted by Crippen LogP contribution is 2.36. The van der Waals surface area contributed by atoms with Crippen molar-refractivity contribution in [2.75, 3.05) is 29.0 Å². The Kier molecular flexibility index (Phi) is 7.20. The number of carbonyl (C=O) groups is 1. The van der Waals surface area contributed by atoms with Crippen LogP contribution in [0.5, 0.6) is 11.5 Å². The van der Waals surface area contributed by atoms with E-state index in [1.165, 1.54) is 32.2 Å². The Morgan fingerprint density at radius 2 is 1.88 bits per heavy atom. The first-order valence-electron chi connectivity index (χ1n) is 10.3. The SMILES string of the molecule is CCS(=O)(=O)N1C[C@@H](C(=O)Nc2cc(S(=O)(=O)NC(C)C)ccc2OC)Oc2ccccc21. The Hall–Kier alpha value is -2.83. The van der Waals surface area contributed by atoms with Gasteiger partial charge >= 0.3 is 0 Å². The quantitative estimate of drug-likeness (QED) is 0.570. The van der Waals surface area contributed by atoms with Gasteiger partial charge in [0.25, 0.3) is 5.91 Å². The lowest BCUT2D eigenvalue weighted by molar-refractivity contribution is -0.122. The molecule has 0 radical (unpaired) electrons. The molecule has 0 saturated carbocycles. The molecule has 10 nitrogen and oxygen atoms in total. The number of methoxy groups -OCH3 is 1. The van der Waals surface area contributed by atoms with Crippen molar-refractivity contribution in [3.63, 3.8) is 0 Å². The average molecular weight is 498 g/mol. The Bertz CT molecular complexity index is 1240. The van der Waals surface area contributed by atoms with Crippen LogP contribution < -0.4 is 23.8 Å². The first kappa shape index (κ1) is 24.8. The molecule has 1 aliphatic rings. The van der Waals surface area contributed by atoms with Crippen molar-refractivity contribution in [2.45, 2.75) is 37.8 Å². The molecule has 0 saturated heterocycles. The van der Waals surface area contributed by atoms with E-state index < -0.39 is 32.1 Å². The highest BCUT2D eigenvalue weighted by Gasteiger charge is 2.36. The topological polar surface area (TPSA) is 131 Å². The maximum Gasteiger partial charge on any atom is 0.267 e. The number of rotatable bonds is 8. The van der Waals surface area contributed by atoms with Crippen molar-refractivity contribution in [3.05, 3.63) is 42.5 Å². The molecule has 2 aromatic rings. The Balaban J connectivity index is 1.92. The van der Waals surface area contributed by atoms with Gasteiger partial charge in [-0.1, -0.05) is 12.1 Å². The minimum absolute atomic E-state index is 0.0580. The second-order valence-electron chi connectivity index (χ2n) is 7.63. The fraction of sp³-hybridized carbons (Fsp3) is 0.381. The fourth-order valence-corrected chi connectivity index (χ4v) is 5.70. The second-order valence-corrected chi connectivity index (χ2v) is 11.5. The first-order valence-corrected chi connectivity index (χ1v) is 13.3. The standard InChI is InChI=1S/C21H27N3O7S2/c1-5-32(26,27)24-13-20(31-19-9-7-6-8-17(19)24)21(25)22-16-12-15(10-11-18(16)30-4)33(28,29)23-14(2)3/h6-12,14,20,23H,5,13H2,1-4H3,(H,22,25)/t20-/m0/s1. The number of sulfonamides is 2. The van der Waals surface area contributed by atoms with E-state index in [1.54, 1.807) is 38.1 Å². The zero-order valence-electron chi connectivity index (χ0n) is 18.7. The van der Waals surface area contributed by atoms with Crippen LogP contribution in [0.15, 0.2) is 47.4 Å². The maximum atomic E-state index is 13.1. The molecule has 180 valence electrons. The molecular weight excluding hydrogens is 470 g/mol. The number of carbonyl (C=O) groups excluding carboxylic acids is 1. The van der Waals surface area contributed by atoms with Crippen LogP contribution in [-0.4, -0.2) is 54.3 Å². The minimum atomic E-state index is -3.81. The number of hydrogen-bond donors (Lipinski definition) is 2. The van der Waals surface area contributed by atoms with Gasteiger partial charge in [-0.05, 0) is 51.1 Å². The Morgan fingerprint density at radius 1 is 1.18 bits per heavy atom. The molecule has 2 N–H and O–H groups in total. The summed E-state index contributed by atoms with van der Waals surface area (Å²) in [6.07, 6.45) is -1.17. The largest absolute Gasteiger partial charge is 0.495 e. The zero-order chi connectivity index (χ0) is 24.4. The molecule has 2 aromatic carbocycles. The van der Waals surface area contributed by atoms with E-state index in [-0.39, 0.29) is 40.4 Å². The maximum absolute atomic E-state index is 13.1. The van der Waals surface area contributed by atoms with Gasteiger partial charge in [0.1, 0.15) is 11.5 Å². The normalized spacial score (nSPS) is 16.2. The summed E-state index contributed by atoms with van der Waals surface area (Å²) >= 11 is 0. The van der Waals surface area contributed by atoms with Gasteiger partial charge in [0.05, 0.1) is 35.7 Å². The van der Waals surface area contributed by atoms with Gasteiger partial charge in [0.15, 0.2) is 6.10 Å². The van der Waals surface area contributed by atoms with Crippen molar-refractivity contribution in [1.82, 2.24) is 4.72 Å². The van der Waals surface area contributed by atoms with Crippen LogP contribution in [0.4, 0.5) is 11.4 Å². The summed E-state index contributed by atoms with van der Waals surface area (Å²) in [7, 11) is -6.09. The molecule has 1 atom stereocenters.